The molecule has 0 aromatic heterocycles. The van der Waals surface area contributed by atoms with Crippen LogP contribution >= 0.6 is 0 Å². The Bertz CT molecular complexity index is 951. The van der Waals surface area contributed by atoms with Crippen LogP contribution in [-0.2, 0) is 10.0 Å². The minimum Gasteiger partial charge on any atom is -0.339 e. The lowest BCUT2D eigenvalue weighted by Gasteiger charge is -2.27. The van der Waals surface area contributed by atoms with Gasteiger partial charge in [0, 0.05) is 25.2 Å². The van der Waals surface area contributed by atoms with E-state index in [1.54, 1.807) is 23.1 Å². The first kappa shape index (κ1) is 18.8. The first-order chi connectivity index (χ1) is 12.9. The van der Waals surface area contributed by atoms with E-state index in [0.29, 0.717) is 13.1 Å². The lowest BCUT2D eigenvalue weighted by Crippen LogP contribution is -2.36. The number of hydrogen-bond donors (Lipinski definition) is 1. The number of piperidine rings is 1. The van der Waals surface area contributed by atoms with Crippen LogP contribution < -0.4 is 4.72 Å². The van der Waals surface area contributed by atoms with Gasteiger partial charge in [0.15, 0.2) is 0 Å². The predicted octanol–water partition coefficient (Wildman–Crippen LogP) is 3.02. The van der Waals surface area contributed by atoms with Crippen LogP contribution in [0.4, 0.5) is 11.4 Å². The number of carbonyl (C=O) groups is 1. The van der Waals surface area contributed by atoms with Gasteiger partial charge in [0.25, 0.3) is 21.6 Å². The molecule has 9 heteroatoms. The number of non-ortho nitro benzene ring substituents is 1. The average Bonchev–Trinajstić information content (AvgIpc) is 2.68. The molecule has 0 bridgehead atoms. The van der Waals surface area contributed by atoms with Crippen molar-refractivity contribution in [3.05, 3.63) is 64.2 Å². The Balaban J connectivity index is 1.86. The fourth-order valence-electron chi connectivity index (χ4n) is 2.98. The minimum atomic E-state index is -3.99. The molecule has 3 rings (SSSR count). The highest BCUT2D eigenvalue weighted by atomic mass is 32.2. The van der Waals surface area contributed by atoms with Crippen LogP contribution in [0.3, 0.4) is 0 Å². The second-order valence-corrected chi connectivity index (χ2v) is 7.94. The van der Waals surface area contributed by atoms with Crippen LogP contribution in [0, 0.1) is 10.1 Å². The number of nitro groups is 1. The first-order valence-corrected chi connectivity index (χ1v) is 10.0. The van der Waals surface area contributed by atoms with Gasteiger partial charge in [-0.15, -0.1) is 0 Å². The summed E-state index contributed by atoms with van der Waals surface area (Å²) < 4.78 is 27.7. The predicted molar refractivity (Wildman–Crippen MR) is 100 cm³/mol. The van der Waals surface area contributed by atoms with Crippen LogP contribution in [0.15, 0.2) is 53.4 Å². The zero-order chi connectivity index (χ0) is 19.4. The van der Waals surface area contributed by atoms with Gasteiger partial charge in [0.2, 0.25) is 0 Å². The van der Waals surface area contributed by atoms with E-state index in [-0.39, 0.29) is 27.7 Å². The molecule has 1 amide bonds. The number of para-hydroxylation sites is 1. The zero-order valence-corrected chi connectivity index (χ0v) is 15.3. The summed E-state index contributed by atoms with van der Waals surface area (Å²) in [4.78, 5) is 24.5. The van der Waals surface area contributed by atoms with Crippen LogP contribution in [0.2, 0.25) is 0 Å². The van der Waals surface area contributed by atoms with E-state index >= 15 is 0 Å². The summed E-state index contributed by atoms with van der Waals surface area (Å²) in [7, 11) is -3.99. The molecule has 1 aliphatic heterocycles. The molecule has 8 nitrogen and oxygen atoms in total. The van der Waals surface area contributed by atoms with Gasteiger partial charge in [-0.25, -0.2) is 8.42 Å². The van der Waals surface area contributed by atoms with Crippen LogP contribution in [0.25, 0.3) is 0 Å². The van der Waals surface area contributed by atoms with Crippen LogP contribution in [-0.4, -0.2) is 37.2 Å². The summed E-state index contributed by atoms with van der Waals surface area (Å²) in [6.45, 7) is 1.31. The summed E-state index contributed by atoms with van der Waals surface area (Å²) >= 11 is 0. The molecule has 2 aromatic rings. The van der Waals surface area contributed by atoms with E-state index in [1.807, 2.05) is 0 Å². The molecule has 1 fully saturated rings. The number of nitrogens with zero attached hydrogens (tertiary/aromatic N) is 2. The summed E-state index contributed by atoms with van der Waals surface area (Å²) in [6.07, 6.45) is 2.95. The fourth-order valence-corrected chi connectivity index (χ4v) is 4.06. The summed E-state index contributed by atoms with van der Waals surface area (Å²) in [6, 6.07) is 11.0. The Hall–Kier alpha value is -2.94. The smallest absolute Gasteiger partial charge is 0.269 e. The Labute approximate surface area is 157 Å². The van der Waals surface area contributed by atoms with E-state index in [2.05, 4.69) is 4.72 Å². The number of nitrogens with one attached hydrogen (secondary N) is 1. The third kappa shape index (κ3) is 4.25. The van der Waals surface area contributed by atoms with Gasteiger partial charge in [-0.2, -0.15) is 0 Å². The molecule has 1 N–H and O–H groups in total. The number of nitro benzene ring substituents is 1. The maximum Gasteiger partial charge on any atom is 0.269 e. The molecule has 1 aliphatic rings. The minimum absolute atomic E-state index is 0.117. The SMILES string of the molecule is O=C(c1ccccc1NS(=O)(=O)c1ccc([N+](=O)[O-])cc1)N1CCCCC1. The van der Waals surface area contributed by atoms with Crippen molar-refractivity contribution in [2.24, 2.45) is 0 Å². The standard InChI is InChI=1S/C18H19N3O5S/c22-18(20-12-4-1-5-13-20)16-6-2-3-7-17(16)19-27(25,26)15-10-8-14(9-11-15)21(23)24/h2-3,6-11,19H,1,4-5,12-13H2. The van der Waals surface area contributed by atoms with E-state index in [9.17, 15) is 23.3 Å². The number of anilines is 1. The first-order valence-electron chi connectivity index (χ1n) is 8.54. The molecule has 1 saturated heterocycles. The third-order valence-electron chi connectivity index (χ3n) is 4.40. The Morgan fingerprint density at radius 2 is 1.63 bits per heavy atom. The molecule has 2 aromatic carbocycles. The molecule has 142 valence electrons. The average molecular weight is 389 g/mol. The van der Waals surface area contributed by atoms with Crippen molar-refractivity contribution in [3.63, 3.8) is 0 Å². The number of rotatable bonds is 5. The molecule has 0 saturated carbocycles. The van der Waals surface area contributed by atoms with E-state index in [1.165, 1.54) is 6.07 Å². The molecule has 0 atom stereocenters. The van der Waals surface area contributed by atoms with Crippen molar-refractivity contribution in [1.29, 1.82) is 0 Å². The van der Waals surface area contributed by atoms with Crippen molar-refractivity contribution in [3.8, 4) is 0 Å². The summed E-state index contributed by atoms with van der Waals surface area (Å²) in [5, 5.41) is 10.7. The second kappa shape index (κ2) is 7.75. The number of benzene rings is 2. The Kier molecular flexibility index (Phi) is 5.41. The lowest BCUT2D eigenvalue weighted by molar-refractivity contribution is -0.384. The molecular weight excluding hydrogens is 370 g/mol. The van der Waals surface area contributed by atoms with Gasteiger partial charge in [-0.3, -0.25) is 19.6 Å². The number of hydrogen-bond acceptors (Lipinski definition) is 5. The monoisotopic (exact) mass is 389 g/mol. The van der Waals surface area contributed by atoms with Gasteiger partial charge in [0.1, 0.15) is 0 Å². The zero-order valence-electron chi connectivity index (χ0n) is 14.5. The lowest BCUT2D eigenvalue weighted by atomic mass is 10.1. The van der Waals surface area contributed by atoms with Gasteiger partial charge in [0.05, 0.1) is 21.1 Å². The van der Waals surface area contributed by atoms with Crippen LogP contribution in [0.1, 0.15) is 29.6 Å². The van der Waals surface area contributed by atoms with Crippen LogP contribution in [0.5, 0.6) is 0 Å². The number of sulfonamides is 1. The van der Waals surface area contributed by atoms with Gasteiger partial charge < -0.3 is 4.90 Å². The van der Waals surface area contributed by atoms with Gasteiger partial charge in [-0.1, -0.05) is 12.1 Å². The maximum atomic E-state index is 12.8. The number of amides is 1. The normalized spacial score (nSPS) is 14.6. The highest BCUT2D eigenvalue weighted by Crippen LogP contribution is 2.24. The van der Waals surface area contributed by atoms with Crippen molar-refractivity contribution < 1.29 is 18.1 Å². The molecule has 1 heterocycles. The topological polar surface area (TPSA) is 110 Å². The summed E-state index contributed by atoms with van der Waals surface area (Å²) in [5.74, 6) is -0.211. The van der Waals surface area contributed by atoms with E-state index in [0.717, 1.165) is 43.5 Å². The van der Waals surface area contributed by atoms with E-state index < -0.39 is 14.9 Å². The third-order valence-corrected chi connectivity index (χ3v) is 5.78. The van der Waals surface area contributed by atoms with Gasteiger partial charge >= 0.3 is 0 Å². The van der Waals surface area contributed by atoms with Crippen molar-refractivity contribution in [2.45, 2.75) is 24.2 Å². The van der Waals surface area contributed by atoms with Crippen molar-refractivity contribution in [1.82, 2.24) is 4.90 Å². The second-order valence-electron chi connectivity index (χ2n) is 6.25. The Morgan fingerprint density at radius 3 is 2.26 bits per heavy atom. The molecular formula is C18H19N3O5S. The van der Waals surface area contributed by atoms with E-state index in [4.69, 9.17) is 0 Å². The highest BCUT2D eigenvalue weighted by Gasteiger charge is 2.23. The summed E-state index contributed by atoms with van der Waals surface area (Å²) in [5.41, 5.74) is 0.269. The molecule has 27 heavy (non-hydrogen) atoms. The molecule has 0 radical (unpaired) electrons. The molecule has 0 aliphatic carbocycles. The number of likely N-dealkylation sites (tertiary alicyclic amines) is 1. The van der Waals surface area contributed by atoms with Crippen molar-refractivity contribution in [2.75, 3.05) is 17.8 Å². The van der Waals surface area contributed by atoms with Gasteiger partial charge in [-0.05, 0) is 43.5 Å². The highest BCUT2D eigenvalue weighted by molar-refractivity contribution is 7.92. The maximum absolute atomic E-state index is 12.8. The number of carbonyl (C=O) groups excluding carboxylic acids is 1. The largest absolute Gasteiger partial charge is 0.339 e. The quantitative estimate of drug-likeness (QED) is 0.624. The Morgan fingerprint density at radius 1 is 1.00 bits per heavy atom. The molecule has 0 unspecified atom stereocenters. The molecule has 0 spiro atoms. The fraction of sp³-hybridized carbons (Fsp3) is 0.278. The van der Waals surface area contributed by atoms with Crippen molar-refractivity contribution >= 4 is 27.3 Å².